The molecule has 0 spiro atoms. The number of amides is 1. The molecule has 0 saturated carbocycles. The fraction of sp³-hybridized carbons (Fsp3) is 0.280. The van der Waals surface area contributed by atoms with Gasteiger partial charge in [0.05, 0.1) is 30.6 Å². The monoisotopic (exact) mass is 472 g/mol. The van der Waals surface area contributed by atoms with Crippen LogP contribution in [0.4, 0.5) is 23.0 Å². The molecule has 0 bridgehead atoms. The number of morpholine rings is 1. The summed E-state index contributed by atoms with van der Waals surface area (Å²) in [5, 5.41) is 6.50. The van der Waals surface area contributed by atoms with Gasteiger partial charge in [-0.05, 0) is 37.3 Å². The summed E-state index contributed by atoms with van der Waals surface area (Å²) in [5.41, 5.74) is 10.7. The lowest BCUT2D eigenvalue weighted by Gasteiger charge is -2.29. The van der Waals surface area contributed by atoms with Crippen LogP contribution in [0, 0.1) is 0 Å². The number of nitrogens with two attached hydrogens (primary N) is 1. The largest absolute Gasteiger partial charge is 0.378 e. The maximum atomic E-state index is 12.4. The summed E-state index contributed by atoms with van der Waals surface area (Å²) in [6.07, 6.45) is 1.75. The first-order valence-electron chi connectivity index (χ1n) is 11.6. The zero-order valence-electron chi connectivity index (χ0n) is 19.8. The Morgan fingerprint density at radius 1 is 1.09 bits per heavy atom. The molecule has 3 heterocycles. The smallest absolute Gasteiger partial charge is 0.271 e. The molecule has 2 aromatic carbocycles. The molecule has 4 aromatic rings. The number of para-hydroxylation sites is 1. The molecule has 0 atom stereocenters. The summed E-state index contributed by atoms with van der Waals surface area (Å²) in [4.78, 5) is 28.6. The van der Waals surface area contributed by atoms with Gasteiger partial charge >= 0.3 is 0 Å². The fourth-order valence-corrected chi connectivity index (χ4v) is 4.24. The van der Waals surface area contributed by atoms with Crippen molar-refractivity contribution in [3.05, 3.63) is 54.5 Å². The average molecular weight is 473 g/mol. The zero-order valence-corrected chi connectivity index (χ0v) is 19.8. The minimum absolute atomic E-state index is 0.0619. The predicted molar refractivity (Wildman–Crippen MR) is 137 cm³/mol. The molecule has 0 radical (unpaired) electrons. The summed E-state index contributed by atoms with van der Waals surface area (Å²) in [6, 6.07) is 13.8. The predicted octanol–water partition coefficient (Wildman–Crippen LogP) is 3.14. The molecule has 10 nitrogen and oxygen atoms in total. The maximum Gasteiger partial charge on any atom is 0.271 e. The van der Waals surface area contributed by atoms with E-state index in [1.807, 2.05) is 61.0 Å². The first-order chi connectivity index (χ1) is 17.0. The van der Waals surface area contributed by atoms with Crippen LogP contribution >= 0.6 is 0 Å². The molecule has 4 N–H and O–H groups in total. The zero-order chi connectivity index (χ0) is 24.4. The van der Waals surface area contributed by atoms with E-state index >= 15 is 0 Å². The highest BCUT2D eigenvalue weighted by molar-refractivity contribution is 6.00. The van der Waals surface area contributed by atoms with Crippen LogP contribution in [0.2, 0.25) is 0 Å². The Bertz CT molecular complexity index is 1360. The summed E-state index contributed by atoms with van der Waals surface area (Å²) in [5.74, 6) is 0.176. The molecule has 0 aliphatic carbocycles. The second kappa shape index (κ2) is 9.59. The molecule has 1 fully saturated rings. The van der Waals surface area contributed by atoms with E-state index in [1.165, 1.54) is 0 Å². The van der Waals surface area contributed by atoms with Crippen LogP contribution in [0.25, 0.3) is 22.3 Å². The molecular formula is C25H28N8O2. The number of hydrogen-bond donors (Lipinski definition) is 3. The van der Waals surface area contributed by atoms with E-state index < -0.39 is 5.91 Å². The number of carbonyl (C=O) groups is 1. The van der Waals surface area contributed by atoms with Gasteiger partial charge in [-0.1, -0.05) is 12.1 Å². The Balaban J connectivity index is 1.53. The molecular weight excluding hydrogens is 444 g/mol. The van der Waals surface area contributed by atoms with Crippen molar-refractivity contribution in [2.75, 3.05) is 48.4 Å². The third kappa shape index (κ3) is 4.47. The molecule has 10 heteroatoms. The van der Waals surface area contributed by atoms with E-state index in [0.717, 1.165) is 54.3 Å². The lowest BCUT2D eigenvalue weighted by molar-refractivity contribution is 0.0996. The van der Waals surface area contributed by atoms with Crippen LogP contribution < -0.4 is 21.3 Å². The van der Waals surface area contributed by atoms with Crippen molar-refractivity contribution in [1.29, 1.82) is 0 Å². The van der Waals surface area contributed by atoms with E-state index in [1.54, 1.807) is 6.33 Å². The van der Waals surface area contributed by atoms with E-state index in [9.17, 15) is 4.79 Å². The van der Waals surface area contributed by atoms with E-state index in [0.29, 0.717) is 23.9 Å². The standard InChI is InChI=1S/C25H28N8O2/c1-3-27-24-21(18-5-4-6-19-20(18)28-15-32(19)2)30-22(23(26)34)25(31-24)29-16-7-9-17(10-8-16)33-11-13-35-14-12-33/h4-10,15H,3,11-14H2,1-2H3,(H2,26,34)(H2,27,29,31). The Hall–Kier alpha value is -4.18. The Kier molecular flexibility index (Phi) is 6.19. The van der Waals surface area contributed by atoms with Gasteiger partial charge in [0.1, 0.15) is 5.69 Å². The third-order valence-corrected chi connectivity index (χ3v) is 5.99. The van der Waals surface area contributed by atoms with E-state index in [2.05, 4.69) is 25.5 Å². The third-order valence-electron chi connectivity index (χ3n) is 5.99. The van der Waals surface area contributed by atoms with Crippen LogP contribution in [0.1, 0.15) is 17.4 Å². The number of anilines is 4. The highest BCUT2D eigenvalue weighted by Gasteiger charge is 2.21. The first-order valence-corrected chi connectivity index (χ1v) is 11.6. The van der Waals surface area contributed by atoms with Gasteiger partial charge in [0.2, 0.25) is 0 Å². The number of primary amides is 1. The van der Waals surface area contributed by atoms with Crippen molar-refractivity contribution < 1.29 is 9.53 Å². The molecule has 5 rings (SSSR count). The minimum atomic E-state index is -0.664. The van der Waals surface area contributed by atoms with E-state index in [-0.39, 0.29) is 5.69 Å². The van der Waals surface area contributed by atoms with Gasteiger partial charge in [0.25, 0.3) is 5.91 Å². The van der Waals surface area contributed by atoms with Gasteiger partial charge in [-0.2, -0.15) is 0 Å². The SMILES string of the molecule is CCNc1nc(Nc2ccc(N3CCOCC3)cc2)c(C(N)=O)nc1-c1cccc2c1ncn2C. The second-order valence-corrected chi connectivity index (χ2v) is 8.31. The van der Waals surface area contributed by atoms with Gasteiger partial charge < -0.3 is 30.6 Å². The number of nitrogens with zero attached hydrogens (tertiary/aromatic N) is 5. The lowest BCUT2D eigenvalue weighted by Crippen LogP contribution is -2.36. The van der Waals surface area contributed by atoms with Crippen molar-refractivity contribution >= 4 is 40.0 Å². The van der Waals surface area contributed by atoms with Crippen LogP contribution in [-0.4, -0.2) is 58.3 Å². The first kappa shape index (κ1) is 22.6. The van der Waals surface area contributed by atoms with Crippen LogP contribution in [0.3, 0.4) is 0 Å². The van der Waals surface area contributed by atoms with Gasteiger partial charge in [0, 0.05) is 43.6 Å². The maximum absolute atomic E-state index is 12.4. The highest BCUT2D eigenvalue weighted by atomic mass is 16.5. The average Bonchev–Trinajstić information content (AvgIpc) is 3.26. The summed E-state index contributed by atoms with van der Waals surface area (Å²) in [7, 11) is 1.93. The lowest BCUT2D eigenvalue weighted by atomic mass is 10.1. The second-order valence-electron chi connectivity index (χ2n) is 8.31. The number of nitrogens with one attached hydrogen (secondary N) is 2. The number of fused-ring (bicyclic) bond motifs is 1. The van der Waals surface area contributed by atoms with Crippen molar-refractivity contribution in [3.8, 4) is 11.3 Å². The van der Waals surface area contributed by atoms with Gasteiger partial charge in [-0.15, -0.1) is 0 Å². The Labute approximate surface area is 203 Å². The van der Waals surface area contributed by atoms with Crippen LogP contribution in [0.5, 0.6) is 0 Å². The number of aryl methyl sites for hydroxylation is 1. The van der Waals surface area contributed by atoms with Crippen molar-refractivity contribution in [3.63, 3.8) is 0 Å². The van der Waals surface area contributed by atoms with Crippen molar-refractivity contribution in [2.24, 2.45) is 12.8 Å². The molecule has 1 aliphatic rings. The Morgan fingerprint density at radius 3 is 2.57 bits per heavy atom. The fourth-order valence-electron chi connectivity index (χ4n) is 4.24. The number of rotatable bonds is 7. The summed E-state index contributed by atoms with van der Waals surface area (Å²) in [6.45, 7) is 5.78. The molecule has 180 valence electrons. The quantitative estimate of drug-likeness (QED) is 0.375. The van der Waals surface area contributed by atoms with Crippen molar-refractivity contribution in [2.45, 2.75) is 6.92 Å². The number of ether oxygens (including phenoxy) is 1. The molecule has 1 aliphatic heterocycles. The Morgan fingerprint density at radius 2 is 1.86 bits per heavy atom. The van der Waals surface area contributed by atoms with Crippen LogP contribution in [0.15, 0.2) is 48.8 Å². The molecule has 2 aromatic heterocycles. The van der Waals surface area contributed by atoms with Gasteiger partial charge in [0.15, 0.2) is 17.3 Å². The minimum Gasteiger partial charge on any atom is -0.378 e. The normalized spacial score (nSPS) is 13.7. The molecule has 0 unspecified atom stereocenters. The van der Waals surface area contributed by atoms with Gasteiger partial charge in [-0.3, -0.25) is 4.79 Å². The number of imidazole rings is 1. The summed E-state index contributed by atoms with van der Waals surface area (Å²) >= 11 is 0. The number of aromatic nitrogens is 4. The van der Waals surface area contributed by atoms with E-state index in [4.69, 9.17) is 15.5 Å². The number of hydrogen-bond acceptors (Lipinski definition) is 8. The molecule has 1 saturated heterocycles. The van der Waals surface area contributed by atoms with Crippen LogP contribution in [-0.2, 0) is 11.8 Å². The highest BCUT2D eigenvalue weighted by Crippen LogP contribution is 2.33. The number of carbonyl (C=O) groups excluding carboxylic acids is 1. The number of benzene rings is 2. The van der Waals surface area contributed by atoms with Gasteiger partial charge in [-0.25, -0.2) is 15.0 Å². The molecule has 35 heavy (non-hydrogen) atoms. The van der Waals surface area contributed by atoms with Crippen molar-refractivity contribution in [1.82, 2.24) is 19.5 Å². The topological polar surface area (TPSA) is 123 Å². The molecule has 1 amide bonds. The summed E-state index contributed by atoms with van der Waals surface area (Å²) < 4.78 is 7.37.